The van der Waals surface area contributed by atoms with Gasteiger partial charge in [0, 0.05) is 0 Å². The summed E-state index contributed by atoms with van der Waals surface area (Å²) in [6.45, 7) is -1.76. The van der Waals surface area contributed by atoms with Gasteiger partial charge in [-0.1, -0.05) is 0 Å². The maximum Gasteiger partial charge on any atom is 0.402 e. The first-order valence-electron chi connectivity index (χ1n) is 4.67. The Bertz CT molecular complexity index is 607. The highest BCUT2D eigenvalue weighted by Crippen LogP contribution is 2.18. The lowest BCUT2D eigenvalue weighted by Gasteiger charge is -2.11. The molecule has 19 heavy (non-hydrogen) atoms. The molecule has 0 aliphatic heterocycles. The molecular weight excluding hydrogens is 290 g/mol. The van der Waals surface area contributed by atoms with E-state index in [2.05, 4.69) is 0 Å². The number of anilines is 1. The molecule has 0 unspecified atom stereocenters. The Labute approximate surface area is 106 Å². The number of halogens is 4. The van der Waals surface area contributed by atoms with Crippen molar-refractivity contribution in [3.8, 4) is 6.07 Å². The highest BCUT2D eigenvalue weighted by molar-refractivity contribution is 7.90. The van der Waals surface area contributed by atoms with E-state index < -0.39 is 28.7 Å². The highest BCUT2D eigenvalue weighted by Gasteiger charge is 2.29. The minimum Gasteiger partial charge on any atom is -0.270 e. The molecule has 0 aliphatic carbocycles. The molecule has 2 N–H and O–H groups in total. The van der Waals surface area contributed by atoms with Crippen molar-refractivity contribution in [1.82, 2.24) is 4.72 Å². The van der Waals surface area contributed by atoms with Crippen LogP contribution in [-0.2, 0) is 10.2 Å². The molecule has 1 aromatic rings. The van der Waals surface area contributed by atoms with Crippen LogP contribution in [0.5, 0.6) is 0 Å². The summed E-state index contributed by atoms with van der Waals surface area (Å²) in [5.74, 6) is -0.775. The lowest BCUT2D eigenvalue weighted by molar-refractivity contribution is -0.121. The molecule has 0 fully saturated rings. The fourth-order valence-electron chi connectivity index (χ4n) is 1.06. The molecule has 0 aromatic heterocycles. The first kappa shape index (κ1) is 15.2. The fourth-order valence-corrected chi connectivity index (χ4v) is 1.95. The Kier molecular flexibility index (Phi) is 4.33. The normalized spacial score (nSPS) is 11.9. The third-order valence-corrected chi connectivity index (χ3v) is 2.82. The molecule has 104 valence electrons. The van der Waals surface area contributed by atoms with Crippen molar-refractivity contribution >= 4 is 15.9 Å². The summed E-state index contributed by atoms with van der Waals surface area (Å²) in [6, 6.07) is 4.06. The zero-order valence-corrected chi connectivity index (χ0v) is 9.94. The van der Waals surface area contributed by atoms with Crippen LogP contribution in [0.3, 0.4) is 0 Å². The Hall–Kier alpha value is -1.86. The molecule has 0 radical (unpaired) electrons. The van der Waals surface area contributed by atoms with Gasteiger partial charge in [-0.25, -0.2) is 4.39 Å². The second kappa shape index (κ2) is 5.41. The summed E-state index contributed by atoms with van der Waals surface area (Å²) in [6.07, 6.45) is -4.71. The van der Waals surface area contributed by atoms with Gasteiger partial charge in [0.2, 0.25) is 0 Å². The molecule has 0 amide bonds. The average molecular weight is 297 g/mol. The van der Waals surface area contributed by atoms with E-state index in [4.69, 9.17) is 5.26 Å². The average Bonchev–Trinajstić information content (AvgIpc) is 2.28. The van der Waals surface area contributed by atoms with Crippen LogP contribution in [0, 0.1) is 17.1 Å². The maximum absolute atomic E-state index is 12.8. The zero-order chi connectivity index (χ0) is 14.7. The summed E-state index contributed by atoms with van der Waals surface area (Å²) in [5, 5.41) is 8.65. The van der Waals surface area contributed by atoms with Crippen LogP contribution in [0.2, 0.25) is 0 Å². The molecule has 1 rings (SSSR count). The van der Waals surface area contributed by atoms with Gasteiger partial charge in [-0.15, -0.1) is 0 Å². The van der Waals surface area contributed by atoms with E-state index >= 15 is 0 Å². The molecule has 5 nitrogen and oxygen atoms in total. The summed E-state index contributed by atoms with van der Waals surface area (Å²) in [5.41, 5.74) is -0.670. The van der Waals surface area contributed by atoms with Crippen LogP contribution in [0.15, 0.2) is 18.2 Å². The summed E-state index contributed by atoms with van der Waals surface area (Å²) in [4.78, 5) is 0. The Morgan fingerprint density at radius 1 is 1.32 bits per heavy atom. The molecule has 0 aliphatic rings. The van der Waals surface area contributed by atoms with Crippen molar-refractivity contribution in [1.29, 1.82) is 5.26 Å². The van der Waals surface area contributed by atoms with E-state index in [0.717, 1.165) is 18.2 Å². The first-order chi connectivity index (χ1) is 8.63. The van der Waals surface area contributed by atoms with Crippen LogP contribution in [-0.4, -0.2) is 21.1 Å². The van der Waals surface area contributed by atoms with Gasteiger partial charge in [0.15, 0.2) is 0 Å². The number of nitriles is 1. The quantitative estimate of drug-likeness (QED) is 0.826. The predicted octanol–water partition coefficient (Wildman–Crippen LogP) is 1.51. The van der Waals surface area contributed by atoms with Crippen LogP contribution in [0.25, 0.3) is 0 Å². The smallest absolute Gasteiger partial charge is 0.270 e. The fraction of sp³-hybridized carbons (Fsp3) is 0.222. The van der Waals surface area contributed by atoms with E-state index in [1.807, 2.05) is 0 Å². The van der Waals surface area contributed by atoms with Gasteiger partial charge in [0.1, 0.15) is 18.4 Å². The standard InChI is InChI=1S/C9H7F4N3O2S/c10-7-1-2-8(6(3-7)4-14)16-19(17,18)15-5-9(11,12)13/h1-3,15-16H,5H2. The largest absolute Gasteiger partial charge is 0.402 e. The molecule has 0 saturated heterocycles. The summed E-state index contributed by atoms with van der Waals surface area (Å²) >= 11 is 0. The lowest BCUT2D eigenvalue weighted by atomic mass is 10.2. The van der Waals surface area contributed by atoms with Crippen LogP contribution < -0.4 is 9.44 Å². The monoisotopic (exact) mass is 297 g/mol. The minimum absolute atomic E-state index is 0.321. The van der Waals surface area contributed by atoms with Gasteiger partial charge < -0.3 is 0 Å². The maximum atomic E-state index is 12.8. The van der Waals surface area contributed by atoms with E-state index in [-0.39, 0.29) is 11.3 Å². The van der Waals surface area contributed by atoms with E-state index in [1.165, 1.54) is 10.8 Å². The number of hydrogen-bond acceptors (Lipinski definition) is 3. The zero-order valence-electron chi connectivity index (χ0n) is 9.12. The molecule has 0 atom stereocenters. The Morgan fingerprint density at radius 2 is 1.95 bits per heavy atom. The van der Waals surface area contributed by atoms with Gasteiger partial charge >= 0.3 is 6.18 Å². The van der Waals surface area contributed by atoms with Crippen molar-refractivity contribution in [3.63, 3.8) is 0 Å². The van der Waals surface area contributed by atoms with E-state index in [9.17, 15) is 26.0 Å². The second-order valence-electron chi connectivity index (χ2n) is 3.34. The number of rotatable bonds is 4. The number of nitrogens with zero attached hydrogens (tertiary/aromatic N) is 1. The Morgan fingerprint density at radius 3 is 2.47 bits per heavy atom. The molecule has 0 spiro atoms. The van der Waals surface area contributed by atoms with Crippen LogP contribution in [0.4, 0.5) is 23.2 Å². The third kappa shape index (κ3) is 5.11. The van der Waals surface area contributed by atoms with Gasteiger partial charge in [0.05, 0.1) is 11.3 Å². The number of nitrogens with one attached hydrogen (secondary N) is 2. The van der Waals surface area contributed by atoms with Gasteiger partial charge in [-0.05, 0) is 18.2 Å². The van der Waals surface area contributed by atoms with Gasteiger partial charge in [0.25, 0.3) is 10.2 Å². The SMILES string of the molecule is N#Cc1cc(F)ccc1NS(=O)(=O)NCC(F)(F)F. The van der Waals surface area contributed by atoms with Crippen molar-refractivity contribution in [2.75, 3.05) is 11.3 Å². The van der Waals surface area contributed by atoms with Gasteiger partial charge in [-0.3, -0.25) is 4.72 Å². The van der Waals surface area contributed by atoms with Crippen molar-refractivity contribution in [2.24, 2.45) is 0 Å². The highest BCUT2D eigenvalue weighted by atomic mass is 32.2. The van der Waals surface area contributed by atoms with Crippen molar-refractivity contribution in [2.45, 2.75) is 6.18 Å². The molecular formula is C9H7F4N3O2S. The van der Waals surface area contributed by atoms with Crippen LogP contribution >= 0.6 is 0 Å². The molecule has 10 heteroatoms. The number of hydrogen-bond donors (Lipinski definition) is 2. The Balaban J connectivity index is 2.88. The lowest BCUT2D eigenvalue weighted by Crippen LogP contribution is -2.37. The van der Waals surface area contributed by atoms with E-state index in [0.29, 0.717) is 0 Å². The summed E-state index contributed by atoms with van der Waals surface area (Å²) < 4.78 is 73.9. The topological polar surface area (TPSA) is 82.0 Å². The van der Waals surface area contributed by atoms with Crippen molar-refractivity contribution in [3.05, 3.63) is 29.6 Å². The van der Waals surface area contributed by atoms with Crippen LogP contribution in [0.1, 0.15) is 5.56 Å². The first-order valence-corrected chi connectivity index (χ1v) is 6.15. The minimum atomic E-state index is -4.71. The predicted molar refractivity (Wildman–Crippen MR) is 57.7 cm³/mol. The van der Waals surface area contributed by atoms with Gasteiger partial charge in [-0.2, -0.15) is 31.6 Å². The number of alkyl halides is 3. The molecule has 0 bridgehead atoms. The molecule has 1 aromatic carbocycles. The number of benzene rings is 1. The molecule has 0 saturated carbocycles. The van der Waals surface area contributed by atoms with E-state index in [1.54, 1.807) is 4.72 Å². The second-order valence-corrected chi connectivity index (χ2v) is 4.84. The summed E-state index contributed by atoms with van der Waals surface area (Å²) in [7, 11) is -4.51. The van der Waals surface area contributed by atoms with Crippen molar-refractivity contribution < 1.29 is 26.0 Å². The third-order valence-electron chi connectivity index (χ3n) is 1.81. The molecule has 0 heterocycles.